The molecule has 4 rings (SSSR count). The van der Waals surface area contributed by atoms with E-state index < -0.39 is 17.6 Å². The quantitative estimate of drug-likeness (QED) is 0.452. The van der Waals surface area contributed by atoms with E-state index in [-0.39, 0.29) is 18.4 Å². The number of carbonyl (C=O) groups excluding carboxylic acids is 2. The molecule has 2 amide bonds. The minimum absolute atomic E-state index is 0.280. The molecular weight excluding hydrogens is 500 g/mol. The first kappa shape index (κ1) is 27.9. The lowest BCUT2D eigenvalue weighted by molar-refractivity contribution is -0.142. The fraction of sp³-hybridized carbons (Fsp3) is 0.448. The fourth-order valence-electron chi connectivity index (χ4n) is 4.66. The van der Waals surface area contributed by atoms with Crippen LogP contribution in [0.4, 0.5) is 10.6 Å². The Morgan fingerprint density at radius 3 is 2.59 bits per heavy atom. The molecule has 0 spiro atoms. The van der Waals surface area contributed by atoms with Crippen LogP contribution in [0.1, 0.15) is 50.9 Å². The lowest BCUT2D eigenvalue weighted by Crippen LogP contribution is -2.40. The van der Waals surface area contributed by atoms with Crippen molar-refractivity contribution in [2.24, 2.45) is 0 Å². The largest absolute Gasteiger partial charge is 0.493 e. The number of likely N-dealkylation sites (N-methyl/N-ethyl adjacent to an activating group) is 1. The molecule has 10 heteroatoms. The Hall–Kier alpha value is -4.08. The van der Waals surface area contributed by atoms with Gasteiger partial charge in [0.2, 0.25) is 5.91 Å². The molecule has 0 saturated heterocycles. The summed E-state index contributed by atoms with van der Waals surface area (Å²) in [5.74, 6) is -0.0127. The number of carboxylic acid groups (broad SMARTS) is 1. The molecule has 0 fully saturated rings. The maximum atomic E-state index is 12.7. The number of pyridine rings is 1. The van der Waals surface area contributed by atoms with Gasteiger partial charge in [-0.15, -0.1) is 0 Å². The molecule has 1 aliphatic rings. The van der Waals surface area contributed by atoms with Crippen molar-refractivity contribution in [2.75, 3.05) is 32.1 Å². The van der Waals surface area contributed by atoms with E-state index in [0.717, 1.165) is 35.0 Å². The van der Waals surface area contributed by atoms with Crippen LogP contribution in [0.15, 0.2) is 42.6 Å². The van der Waals surface area contributed by atoms with Crippen molar-refractivity contribution in [3.05, 3.63) is 53.9 Å². The summed E-state index contributed by atoms with van der Waals surface area (Å²) >= 11 is 0. The monoisotopic (exact) mass is 536 g/mol. The summed E-state index contributed by atoms with van der Waals surface area (Å²) in [6.07, 6.45) is 3.32. The smallest absolute Gasteiger partial charge is 0.416 e. The maximum absolute atomic E-state index is 12.7. The summed E-state index contributed by atoms with van der Waals surface area (Å²) < 4.78 is 13.3. The number of benzene rings is 1. The minimum Gasteiger partial charge on any atom is -0.493 e. The normalized spacial score (nSPS) is 14.0. The number of carbonyl (C=O) groups is 3. The topological polar surface area (TPSA) is 114 Å². The summed E-state index contributed by atoms with van der Waals surface area (Å²) in [6, 6.07) is 10.5. The van der Waals surface area contributed by atoms with Gasteiger partial charge in [-0.1, -0.05) is 6.07 Å². The van der Waals surface area contributed by atoms with Crippen molar-refractivity contribution in [3.63, 3.8) is 0 Å². The Morgan fingerprint density at radius 2 is 1.90 bits per heavy atom. The zero-order valence-corrected chi connectivity index (χ0v) is 23.1. The number of hydrogen-bond donors (Lipinski definition) is 1. The molecule has 10 nitrogen and oxygen atoms in total. The highest BCUT2D eigenvalue weighted by molar-refractivity contribution is 5.89. The molecule has 0 radical (unpaired) electrons. The van der Waals surface area contributed by atoms with Gasteiger partial charge in [0.25, 0.3) is 0 Å². The number of rotatable bonds is 8. The average molecular weight is 537 g/mol. The second-order valence-electron chi connectivity index (χ2n) is 10.9. The zero-order chi connectivity index (χ0) is 28.3. The Bertz CT molecular complexity index is 1370. The van der Waals surface area contributed by atoms with E-state index in [1.54, 1.807) is 35.8 Å². The first-order valence-electron chi connectivity index (χ1n) is 13.1. The molecule has 2 aromatic heterocycles. The predicted molar refractivity (Wildman–Crippen MR) is 147 cm³/mol. The molecule has 3 heterocycles. The van der Waals surface area contributed by atoms with Gasteiger partial charge in [0.1, 0.15) is 23.2 Å². The molecule has 0 aliphatic carbocycles. The van der Waals surface area contributed by atoms with Crippen molar-refractivity contribution in [3.8, 4) is 5.75 Å². The van der Waals surface area contributed by atoms with Crippen LogP contribution in [0.5, 0.6) is 5.75 Å². The molecule has 39 heavy (non-hydrogen) atoms. The number of aromatic nitrogens is 2. The zero-order valence-electron chi connectivity index (χ0n) is 23.1. The van der Waals surface area contributed by atoms with Crippen LogP contribution < -0.4 is 9.64 Å². The van der Waals surface area contributed by atoms with Crippen LogP contribution in [-0.4, -0.2) is 70.4 Å². The van der Waals surface area contributed by atoms with Crippen molar-refractivity contribution in [1.29, 1.82) is 0 Å². The SMILES string of the molecule is CN(C)C(=O)C(CC(=O)O)n1ccc2cc(OCCc3ccc4c(n3)N(C(=O)OC(C)(C)C)CCC4)ccc21. The lowest BCUT2D eigenvalue weighted by atomic mass is 10.1. The van der Waals surface area contributed by atoms with Gasteiger partial charge in [-0.3, -0.25) is 14.5 Å². The summed E-state index contributed by atoms with van der Waals surface area (Å²) in [4.78, 5) is 44.6. The van der Waals surface area contributed by atoms with Crippen molar-refractivity contribution in [2.45, 2.75) is 58.1 Å². The third kappa shape index (κ3) is 6.68. The second-order valence-corrected chi connectivity index (χ2v) is 10.9. The Kier molecular flexibility index (Phi) is 8.13. The highest BCUT2D eigenvalue weighted by Gasteiger charge is 2.29. The van der Waals surface area contributed by atoms with Crippen LogP contribution in [-0.2, 0) is 27.2 Å². The lowest BCUT2D eigenvalue weighted by Gasteiger charge is -2.31. The van der Waals surface area contributed by atoms with Gasteiger partial charge in [-0.2, -0.15) is 0 Å². The molecule has 3 aromatic rings. The number of hydrogen-bond acceptors (Lipinski definition) is 6. The molecule has 1 atom stereocenters. The van der Waals surface area contributed by atoms with Crippen LogP contribution in [0.3, 0.4) is 0 Å². The molecule has 1 N–H and O–H groups in total. The maximum Gasteiger partial charge on any atom is 0.416 e. The number of aliphatic carboxylic acids is 1. The van der Waals surface area contributed by atoms with Gasteiger partial charge in [-0.05, 0) is 69.5 Å². The molecule has 1 unspecified atom stereocenters. The Morgan fingerprint density at radius 1 is 1.13 bits per heavy atom. The molecular formula is C29H36N4O6. The summed E-state index contributed by atoms with van der Waals surface area (Å²) in [5, 5.41) is 10.2. The standard InChI is InChI=1S/C29H36N4O6/c1-29(2,3)39-28(37)33-14-6-7-19-8-9-21(30-26(19)33)13-16-38-22-10-11-23-20(17-22)12-15-32(23)24(18-25(34)35)27(36)31(4)5/h8-12,15,17,24H,6-7,13-14,16,18H2,1-5H3,(H,34,35). The third-order valence-electron chi connectivity index (χ3n) is 6.46. The molecule has 208 valence electrons. The van der Waals surface area contributed by atoms with Gasteiger partial charge in [-0.25, -0.2) is 9.78 Å². The highest BCUT2D eigenvalue weighted by Crippen LogP contribution is 2.29. The van der Waals surface area contributed by atoms with E-state index in [1.807, 2.05) is 51.1 Å². The first-order chi connectivity index (χ1) is 18.4. The minimum atomic E-state index is -1.04. The van der Waals surface area contributed by atoms with Crippen LogP contribution in [0.2, 0.25) is 0 Å². The van der Waals surface area contributed by atoms with Crippen molar-refractivity contribution >= 4 is 34.7 Å². The van der Waals surface area contributed by atoms with E-state index in [1.165, 1.54) is 4.90 Å². The van der Waals surface area contributed by atoms with Crippen LogP contribution >= 0.6 is 0 Å². The van der Waals surface area contributed by atoms with Crippen molar-refractivity contribution < 1.29 is 29.0 Å². The molecule has 1 aliphatic heterocycles. The second kappa shape index (κ2) is 11.3. The third-order valence-corrected chi connectivity index (χ3v) is 6.46. The number of nitrogens with zero attached hydrogens (tertiary/aromatic N) is 4. The summed E-state index contributed by atoms with van der Waals surface area (Å²) in [6.45, 7) is 6.50. The number of ether oxygens (including phenoxy) is 2. The van der Waals surface area contributed by atoms with Crippen molar-refractivity contribution in [1.82, 2.24) is 14.5 Å². The number of fused-ring (bicyclic) bond motifs is 2. The summed E-state index contributed by atoms with van der Waals surface area (Å²) in [5.41, 5.74) is 2.01. The fourth-order valence-corrected chi connectivity index (χ4v) is 4.66. The van der Waals surface area contributed by atoms with E-state index in [4.69, 9.17) is 14.5 Å². The number of aryl methyl sites for hydroxylation is 1. The molecule has 1 aromatic carbocycles. The van der Waals surface area contributed by atoms with Crippen LogP contribution in [0.25, 0.3) is 10.9 Å². The average Bonchev–Trinajstić information content (AvgIpc) is 3.28. The predicted octanol–water partition coefficient (Wildman–Crippen LogP) is 4.45. The number of amides is 2. The molecule has 0 saturated carbocycles. The van der Waals surface area contributed by atoms with Gasteiger partial charge in [0.05, 0.1) is 13.0 Å². The van der Waals surface area contributed by atoms with E-state index >= 15 is 0 Å². The molecule has 0 bridgehead atoms. The Balaban J connectivity index is 1.44. The number of anilines is 1. The van der Waals surface area contributed by atoms with Gasteiger partial charge in [0, 0.05) is 49.9 Å². The first-order valence-corrected chi connectivity index (χ1v) is 13.1. The Labute approximate surface area is 228 Å². The van der Waals surface area contributed by atoms with E-state index in [9.17, 15) is 19.5 Å². The van der Waals surface area contributed by atoms with E-state index in [2.05, 4.69) is 0 Å². The van der Waals surface area contributed by atoms with Gasteiger partial charge < -0.3 is 24.0 Å². The summed E-state index contributed by atoms with van der Waals surface area (Å²) in [7, 11) is 3.22. The van der Waals surface area contributed by atoms with Gasteiger partial charge >= 0.3 is 12.1 Å². The van der Waals surface area contributed by atoms with Gasteiger partial charge in [0.15, 0.2) is 0 Å². The van der Waals surface area contributed by atoms with Crippen LogP contribution in [0, 0.1) is 0 Å². The number of carboxylic acids is 1. The van der Waals surface area contributed by atoms with E-state index in [0.29, 0.717) is 31.1 Å². The highest BCUT2D eigenvalue weighted by atomic mass is 16.6.